The van der Waals surface area contributed by atoms with E-state index in [2.05, 4.69) is 46.9 Å². The Hall–Kier alpha value is -1.91. The molecule has 0 bridgehead atoms. The Morgan fingerprint density at radius 2 is 1.48 bits per heavy atom. The molecule has 2 heterocycles. The van der Waals surface area contributed by atoms with Gasteiger partial charge in [0.1, 0.15) is 17.4 Å². The maximum absolute atomic E-state index is 13.8. The molecule has 5 heteroatoms. The first-order valence-electron chi connectivity index (χ1n) is 12.7. The minimum Gasteiger partial charge on any atom is -0.346 e. The van der Waals surface area contributed by atoms with Crippen LogP contribution in [0, 0.1) is 35.5 Å². The number of rotatable bonds is 4. The molecule has 2 aromatic rings. The molecule has 0 amide bonds. The Balaban J connectivity index is 1.26. The number of nitrogens with one attached hydrogen (secondary N) is 2. The van der Waals surface area contributed by atoms with Gasteiger partial charge in [0.05, 0.1) is 0 Å². The molecule has 8 unspecified atom stereocenters. The largest absolute Gasteiger partial charge is 0.346 e. The molecule has 4 aliphatic carbocycles. The van der Waals surface area contributed by atoms with Crippen LogP contribution in [-0.4, -0.2) is 25.7 Å². The van der Waals surface area contributed by atoms with E-state index in [0.717, 1.165) is 42.7 Å². The molecule has 0 aromatic carbocycles. The topological polar surface area (TPSA) is 74.4 Å². The summed E-state index contributed by atoms with van der Waals surface area (Å²) in [5.74, 6) is 7.44. The van der Waals surface area contributed by atoms with Crippen molar-refractivity contribution in [2.75, 3.05) is 0 Å². The Labute approximate surface area is 185 Å². The fourth-order valence-corrected chi connectivity index (χ4v) is 8.05. The molecule has 4 fully saturated rings. The molecule has 0 saturated heterocycles. The van der Waals surface area contributed by atoms with Crippen molar-refractivity contribution in [1.29, 1.82) is 0 Å². The van der Waals surface area contributed by atoms with E-state index in [1.165, 1.54) is 37.1 Å². The Kier molecular flexibility index (Phi) is 4.66. The number of Topliss-reactive ketones (excluding diaryl/α,β-unsaturated/α-hetero) is 1. The number of hydrogen-bond donors (Lipinski definition) is 2. The van der Waals surface area contributed by atoms with Gasteiger partial charge in [0.15, 0.2) is 0 Å². The normalized spacial score (nSPS) is 39.2. The van der Waals surface area contributed by atoms with Gasteiger partial charge >= 0.3 is 0 Å². The summed E-state index contributed by atoms with van der Waals surface area (Å²) in [5.41, 5.74) is 2.55. The number of nitrogens with zero attached hydrogens (tertiary/aromatic N) is 2. The average Bonchev–Trinajstić information content (AvgIpc) is 3.51. The van der Waals surface area contributed by atoms with E-state index >= 15 is 0 Å². The molecule has 5 nitrogen and oxygen atoms in total. The van der Waals surface area contributed by atoms with Crippen LogP contribution in [0.5, 0.6) is 0 Å². The third kappa shape index (κ3) is 3.06. The number of carbonyl (C=O) groups excluding carboxylic acids is 1. The Bertz CT molecular complexity index is 974. The van der Waals surface area contributed by atoms with Crippen LogP contribution in [0.15, 0.2) is 12.4 Å². The second-order valence-electron chi connectivity index (χ2n) is 11.2. The molecule has 6 rings (SSSR count). The predicted molar refractivity (Wildman–Crippen MR) is 120 cm³/mol. The lowest BCUT2D eigenvalue weighted by Crippen LogP contribution is -2.42. The zero-order valence-corrected chi connectivity index (χ0v) is 19.1. The van der Waals surface area contributed by atoms with Crippen molar-refractivity contribution in [2.45, 2.75) is 83.5 Å². The second kappa shape index (κ2) is 7.31. The number of hydrogen-bond acceptors (Lipinski definition) is 3. The summed E-state index contributed by atoms with van der Waals surface area (Å²) < 4.78 is 0. The van der Waals surface area contributed by atoms with Gasteiger partial charge in [-0.15, -0.1) is 0 Å². The van der Waals surface area contributed by atoms with Crippen LogP contribution in [0.25, 0.3) is 0 Å². The van der Waals surface area contributed by atoms with Crippen LogP contribution in [0.1, 0.15) is 100 Å². The van der Waals surface area contributed by atoms with Crippen LogP contribution in [0.2, 0.25) is 0 Å². The van der Waals surface area contributed by atoms with E-state index in [-0.39, 0.29) is 11.8 Å². The number of aromatic nitrogens is 4. The summed E-state index contributed by atoms with van der Waals surface area (Å²) in [6, 6.07) is 0. The highest BCUT2D eigenvalue weighted by Gasteiger charge is 2.60. The lowest BCUT2D eigenvalue weighted by atomic mass is 9.55. The molecule has 2 aromatic heterocycles. The van der Waals surface area contributed by atoms with Gasteiger partial charge in [0.2, 0.25) is 0 Å². The van der Waals surface area contributed by atoms with Gasteiger partial charge in [-0.2, -0.15) is 0 Å². The maximum Gasteiger partial charge on any atom is 0.139 e. The number of H-pyrrole nitrogens is 2. The summed E-state index contributed by atoms with van der Waals surface area (Å²) in [4.78, 5) is 30.1. The van der Waals surface area contributed by atoms with E-state index in [1.807, 2.05) is 6.20 Å². The van der Waals surface area contributed by atoms with E-state index in [9.17, 15) is 4.79 Å². The number of imidazole rings is 2. The smallest absolute Gasteiger partial charge is 0.139 e. The van der Waals surface area contributed by atoms with Crippen molar-refractivity contribution >= 4 is 5.78 Å². The molecular weight excluding hydrogens is 384 g/mol. The van der Waals surface area contributed by atoms with Gasteiger partial charge in [-0.1, -0.05) is 20.8 Å². The zero-order chi connectivity index (χ0) is 21.3. The van der Waals surface area contributed by atoms with Gasteiger partial charge in [-0.25, -0.2) is 9.97 Å². The van der Waals surface area contributed by atoms with Crippen LogP contribution in [0.3, 0.4) is 0 Å². The molecule has 4 saturated carbocycles. The van der Waals surface area contributed by atoms with E-state index < -0.39 is 0 Å². The second-order valence-corrected chi connectivity index (χ2v) is 11.2. The molecule has 0 aliphatic heterocycles. The van der Waals surface area contributed by atoms with E-state index in [4.69, 9.17) is 0 Å². The SMILES string of the molecule is CCc1ncc(C2CC3CCC4CC(c5cnc(C(C)C)[nH]5)CC5C(=O)C(C2)C3C45)[nH]1. The number of aryl methyl sites for hydroxylation is 1. The van der Waals surface area contributed by atoms with Crippen molar-refractivity contribution in [1.82, 2.24) is 19.9 Å². The highest BCUT2D eigenvalue weighted by Crippen LogP contribution is 2.64. The minimum absolute atomic E-state index is 0.277. The third-order valence-electron chi connectivity index (χ3n) is 9.38. The first-order valence-corrected chi connectivity index (χ1v) is 12.7. The molecule has 4 aliphatic rings. The predicted octanol–water partition coefficient (Wildman–Crippen LogP) is 5.35. The fraction of sp³-hybridized carbons (Fsp3) is 0.731. The van der Waals surface area contributed by atoms with Crippen LogP contribution >= 0.6 is 0 Å². The van der Waals surface area contributed by atoms with Crippen molar-refractivity contribution in [3.8, 4) is 0 Å². The van der Waals surface area contributed by atoms with Crippen molar-refractivity contribution in [3.05, 3.63) is 35.4 Å². The van der Waals surface area contributed by atoms with Crippen LogP contribution in [-0.2, 0) is 11.2 Å². The number of ketones is 1. The van der Waals surface area contributed by atoms with Crippen molar-refractivity contribution in [3.63, 3.8) is 0 Å². The fourth-order valence-electron chi connectivity index (χ4n) is 8.05. The Morgan fingerprint density at radius 1 is 0.903 bits per heavy atom. The van der Waals surface area contributed by atoms with Gasteiger partial charge < -0.3 is 9.97 Å². The first-order chi connectivity index (χ1) is 15.0. The molecule has 166 valence electrons. The van der Waals surface area contributed by atoms with E-state index in [1.54, 1.807) is 0 Å². The molecule has 2 N–H and O–H groups in total. The highest BCUT2D eigenvalue weighted by atomic mass is 16.1. The maximum atomic E-state index is 13.8. The monoisotopic (exact) mass is 420 g/mol. The summed E-state index contributed by atoms with van der Waals surface area (Å²) in [7, 11) is 0. The van der Waals surface area contributed by atoms with Gasteiger partial charge in [-0.05, 0) is 62.2 Å². The molecule has 0 spiro atoms. The average molecular weight is 421 g/mol. The summed E-state index contributed by atoms with van der Waals surface area (Å²) in [6.07, 6.45) is 12.2. The summed E-state index contributed by atoms with van der Waals surface area (Å²) in [6.45, 7) is 6.52. The van der Waals surface area contributed by atoms with Gasteiger partial charge in [0, 0.05) is 59.8 Å². The van der Waals surface area contributed by atoms with Gasteiger partial charge in [0.25, 0.3) is 0 Å². The number of carbonyl (C=O) groups is 1. The van der Waals surface area contributed by atoms with E-state index in [0.29, 0.717) is 35.4 Å². The molecule has 31 heavy (non-hydrogen) atoms. The van der Waals surface area contributed by atoms with Crippen LogP contribution in [0.4, 0.5) is 0 Å². The standard InChI is InChI=1S/C26H36N4O/c1-4-22-27-11-20(29-22)16-7-14-5-6-15-8-17(21-12-28-26(30-21)13(2)3)10-19-24(15)23(14)18(9-16)25(19)31/h11-19,23-24H,4-10H2,1-3H3,(H,27,29)(H,28,30). The molecular formula is C26H36N4O. The number of aromatic amines is 2. The first kappa shape index (κ1) is 19.8. The molecule has 8 atom stereocenters. The highest BCUT2D eigenvalue weighted by molar-refractivity contribution is 5.87. The summed E-state index contributed by atoms with van der Waals surface area (Å²) >= 11 is 0. The quantitative estimate of drug-likeness (QED) is 0.700. The van der Waals surface area contributed by atoms with Crippen molar-refractivity contribution < 1.29 is 4.79 Å². The lowest BCUT2D eigenvalue weighted by molar-refractivity contribution is -0.126. The third-order valence-corrected chi connectivity index (χ3v) is 9.38. The van der Waals surface area contributed by atoms with Crippen molar-refractivity contribution in [2.24, 2.45) is 35.5 Å². The zero-order valence-electron chi connectivity index (χ0n) is 19.1. The Morgan fingerprint density at radius 3 is 2.00 bits per heavy atom. The minimum atomic E-state index is 0.277. The molecule has 0 radical (unpaired) electrons. The summed E-state index contributed by atoms with van der Waals surface area (Å²) in [5, 5.41) is 0. The lowest BCUT2D eigenvalue weighted by Gasteiger charge is -2.49. The van der Waals surface area contributed by atoms with Gasteiger partial charge in [-0.3, -0.25) is 4.79 Å². The van der Waals surface area contributed by atoms with Crippen LogP contribution < -0.4 is 0 Å².